The summed E-state index contributed by atoms with van der Waals surface area (Å²) in [4.78, 5) is 13.9. The zero-order valence-electron chi connectivity index (χ0n) is 13.0. The van der Waals surface area contributed by atoms with E-state index in [4.69, 9.17) is 4.74 Å². The average Bonchev–Trinajstić information content (AvgIpc) is 3.26. The Bertz CT molecular complexity index is 644. The number of H-pyrrole nitrogens is 1. The van der Waals surface area contributed by atoms with Crippen molar-refractivity contribution in [3.63, 3.8) is 0 Å². The zero-order valence-corrected chi connectivity index (χ0v) is 13.0. The highest BCUT2D eigenvalue weighted by atomic mass is 16.5. The Morgan fingerprint density at radius 2 is 2.09 bits per heavy atom. The van der Waals surface area contributed by atoms with Gasteiger partial charge in [0.25, 0.3) is 5.91 Å². The van der Waals surface area contributed by atoms with Crippen LogP contribution in [0.2, 0.25) is 0 Å². The smallest absolute Gasteiger partial charge is 0.274 e. The van der Waals surface area contributed by atoms with Gasteiger partial charge in [0.15, 0.2) is 0 Å². The lowest BCUT2D eigenvalue weighted by atomic mass is 10.2. The van der Waals surface area contributed by atoms with Gasteiger partial charge in [-0.3, -0.25) is 9.89 Å². The molecule has 116 valence electrons. The third-order valence-corrected chi connectivity index (χ3v) is 3.90. The molecule has 1 amide bonds. The van der Waals surface area contributed by atoms with Crippen LogP contribution >= 0.6 is 0 Å². The normalized spacial score (nSPS) is 13.9. The monoisotopic (exact) mass is 299 g/mol. The molecular weight excluding hydrogens is 278 g/mol. The van der Waals surface area contributed by atoms with Crippen LogP contribution in [0.1, 0.15) is 40.5 Å². The van der Waals surface area contributed by atoms with Crippen molar-refractivity contribution in [2.75, 3.05) is 20.2 Å². The molecule has 22 heavy (non-hydrogen) atoms. The molecule has 0 aliphatic heterocycles. The Labute approximate surface area is 130 Å². The summed E-state index contributed by atoms with van der Waals surface area (Å²) in [5.41, 5.74) is 2.76. The Kier molecular flexibility index (Phi) is 4.13. The molecule has 1 fully saturated rings. The van der Waals surface area contributed by atoms with E-state index >= 15 is 0 Å². The van der Waals surface area contributed by atoms with Gasteiger partial charge < -0.3 is 9.64 Å². The number of likely N-dealkylation sites (N-methyl/N-ethyl adjacent to an activating group) is 1. The van der Waals surface area contributed by atoms with Crippen LogP contribution in [-0.4, -0.2) is 41.2 Å². The molecule has 1 aromatic carbocycles. The van der Waals surface area contributed by atoms with E-state index in [1.54, 1.807) is 11.9 Å². The van der Waals surface area contributed by atoms with Gasteiger partial charge in [0, 0.05) is 18.7 Å². The van der Waals surface area contributed by atoms with Gasteiger partial charge in [0.2, 0.25) is 0 Å². The fourth-order valence-electron chi connectivity index (χ4n) is 2.28. The van der Waals surface area contributed by atoms with E-state index in [1.165, 1.54) is 18.4 Å². The lowest BCUT2D eigenvalue weighted by molar-refractivity contribution is 0.0768. The molecule has 0 saturated heterocycles. The van der Waals surface area contributed by atoms with E-state index in [0.717, 1.165) is 11.4 Å². The number of carbonyl (C=O) groups is 1. The van der Waals surface area contributed by atoms with Gasteiger partial charge in [-0.15, -0.1) is 0 Å². The summed E-state index contributed by atoms with van der Waals surface area (Å²) in [6.45, 7) is 3.03. The highest BCUT2D eigenvalue weighted by molar-refractivity contribution is 5.92. The molecule has 1 N–H and O–H groups in total. The summed E-state index contributed by atoms with van der Waals surface area (Å²) < 4.78 is 5.65. The maximum Gasteiger partial charge on any atom is 0.274 e. The van der Waals surface area contributed by atoms with Gasteiger partial charge >= 0.3 is 0 Å². The highest BCUT2D eigenvalue weighted by Crippen LogP contribution is 2.39. The predicted molar refractivity (Wildman–Crippen MR) is 84.2 cm³/mol. The Morgan fingerprint density at radius 3 is 2.77 bits per heavy atom. The molecule has 5 nitrogen and oxygen atoms in total. The number of aryl methyl sites for hydroxylation is 1. The van der Waals surface area contributed by atoms with E-state index in [0.29, 0.717) is 24.8 Å². The molecule has 1 aliphatic carbocycles. The fraction of sp³-hybridized carbons (Fsp3) is 0.412. The van der Waals surface area contributed by atoms with Crippen molar-refractivity contribution in [2.24, 2.45) is 0 Å². The zero-order chi connectivity index (χ0) is 15.5. The first kappa shape index (κ1) is 14.6. The van der Waals surface area contributed by atoms with Crippen LogP contribution in [0.3, 0.4) is 0 Å². The predicted octanol–water partition coefficient (Wildman–Crippen LogP) is 2.75. The van der Waals surface area contributed by atoms with Gasteiger partial charge in [-0.05, 0) is 38.0 Å². The maximum absolute atomic E-state index is 12.3. The average molecular weight is 299 g/mol. The number of hydrogen-bond acceptors (Lipinski definition) is 3. The van der Waals surface area contributed by atoms with Crippen molar-refractivity contribution in [1.82, 2.24) is 15.1 Å². The number of aromatic amines is 1. The Balaban J connectivity index is 1.49. The van der Waals surface area contributed by atoms with E-state index in [1.807, 2.05) is 37.3 Å². The van der Waals surface area contributed by atoms with Gasteiger partial charge in [0.1, 0.15) is 18.1 Å². The number of carbonyl (C=O) groups excluding carboxylic acids is 1. The Hall–Kier alpha value is -2.30. The van der Waals surface area contributed by atoms with Crippen molar-refractivity contribution in [3.05, 3.63) is 47.3 Å². The molecule has 1 saturated carbocycles. The van der Waals surface area contributed by atoms with Crippen LogP contribution in [0.4, 0.5) is 0 Å². The molecule has 2 aromatic rings. The Morgan fingerprint density at radius 1 is 1.36 bits per heavy atom. The molecule has 3 rings (SSSR count). The second-order valence-corrected chi connectivity index (χ2v) is 5.87. The van der Waals surface area contributed by atoms with E-state index in [9.17, 15) is 4.79 Å². The second kappa shape index (κ2) is 6.22. The van der Waals surface area contributed by atoms with Gasteiger partial charge in [-0.1, -0.05) is 17.7 Å². The number of nitrogens with one attached hydrogen (secondary N) is 1. The lowest BCUT2D eigenvalue weighted by Gasteiger charge is -2.16. The molecule has 0 radical (unpaired) electrons. The summed E-state index contributed by atoms with van der Waals surface area (Å²) in [5.74, 6) is 1.32. The molecule has 0 atom stereocenters. The van der Waals surface area contributed by atoms with Crippen molar-refractivity contribution >= 4 is 5.91 Å². The minimum Gasteiger partial charge on any atom is -0.492 e. The summed E-state index contributed by atoms with van der Waals surface area (Å²) in [7, 11) is 1.77. The van der Waals surface area contributed by atoms with Crippen molar-refractivity contribution in [3.8, 4) is 5.75 Å². The van der Waals surface area contributed by atoms with Crippen molar-refractivity contribution in [2.45, 2.75) is 25.7 Å². The number of benzene rings is 1. The van der Waals surface area contributed by atoms with Gasteiger partial charge in [-0.25, -0.2) is 0 Å². The van der Waals surface area contributed by atoms with Gasteiger partial charge in [-0.2, -0.15) is 5.10 Å². The third kappa shape index (κ3) is 3.47. The third-order valence-electron chi connectivity index (χ3n) is 3.90. The van der Waals surface area contributed by atoms with E-state index in [-0.39, 0.29) is 5.91 Å². The van der Waals surface area contributed by atoms with Crippen molar-refractivity contribution in [1.29, 1.82) is 0 Å². The molecule has 0 spiro atoms. The van der Waals surface area contributed by atoms with Crippen LogP contribution in [0.15, 0.2) is 30.3 Å². The number of ether oxygens (including phenoxy) is 1. The maximum atomic E-state index is 12.3. The van der Waals surface area contributed by atoms with Crippen LogP contribution in [-0.2, 0) is 0 Å². The summed E-state index contributed by atoms with van der Waals surface area (Å²) >= 11 is 0. The van der Waals surface area contributed by atoms with Crippen molar-refractivity contribution < 1.29 is 9.53 Å². The number of amides is 1. The first-order valence-corrected chi connectivity index (χ1v) is 7.64. The van der Waals surface area contributed by atoms with E-state index < -0.39 is 0 Å². The lowest BCUT2D eigenvalue weighted by Crippen LogP contribution is -2.31. The quantitative estimate of drug-likeness (QED) is 0.892. The minimum absolute atomic E-state index is 0.0735. The van der Waals surface area contributed by atoms with Crippen LogP contribution in [0.25, 0.3) is 0 Å². The van der Waals surface area contributed by atoms with Crippen LogP contribution < -0.4 is 4.74 Å². The van der Waals surface area contributed by atoms with Crippen LogP contribution in [0.5, 0.6) is 5.75 Å². The largest absolute Gasteiger partial charge is 0.492 e. The second-order valence-electron chi connectivity index (χ2n) is 5.87. The first-order valence-electron chi connectivity index (χ1n) is 7.64. The molecule has 0 unspecified atom stereocenters. The summed E-state index contributed by atoms with van der Waals surface area (Å²) in [5, 5.41) is 7.08. The topological polar surface area (TPSA) is 58.2 Å². The standard InChI is InChI=1S/C17H21N3O2/c1-12-3-7-14(8-4-12)22-10-9-20(2)17(21)16-11-15(18-19-16)13-5-6-13/h3-4,7-8,11,13H,5-6,9-10H2,1-2H3,(H,18,19). The number of nitrogens with zero attached hydrogens (tertiary/aromatic N) is 2. The minimum atomic E-state index is -0.0735. The number of hydrogen-bond donors (Lipinski definition) is 1. The molecular formula is C17H21N3O2. The summed E-state index contributed by atoms with van der Waals surface area (Å²) in [6.07, 6.45) is 2.38. The number of rotatable bonds is 6. The summed E-state index contributed by atoms with van der Waals surface area (Å²) in [6, 6.07) is 9.76. The molecule has 1 heterocycles. The SMILES string of the molecule is Cc1ccc(OCCN(C)C(=O)c2cc(C3CC3)[nH]n2)cc1. The first-order chi connectivity index (χ1) is 10.6. The number of aromatic nitrogens is 2. The van der Waals surface area contributed by atoms with Gasteiger partial charge in [0.05, 0.1) is 6.54 Å². The molecule has 0 bridgehead atoms. The molecule has 5 heteroatoms. The molecule has 1 aliphatic rings. The molecule has 1 aromatic heterocycles. The van der Waals surface area contributed by atoms with Crippen LogP contribution in [0, 0.1) is 6.92 Å². The fourth-order valence-corrected chi connectivity index (χ4v) is 2.28. The van der Waals surface area contributed by atoms with E-state index in [2.05, 4.69) is 10.2 Å². The highest BCUT2D eigenvalue weighted by Gasteiger charge is 2.27.